The van der Waals surface area contributed by atoms with Crippen molar-refractivity contribution < 1.29 is 38.1 Å². The number of ether oxygens (including phenoxy) is 4. The zero-order valence-electron chi connectivity index (χ0n) is 19.6. The fourth-order valence-corrected chi connectivity index (χ4v) is 2.21. The third kappa shape index (κ3) is 8.66. The van der Waals surface area contributed by atoms with Gasteiger partial charge in [-0.2, -0.15) is 4.90 Å². The molecule has 0 radical (unpaired) electrons. The molecular formula is C22H30N2O8. The van der Waals surface area contributed by atoms with E-state index in [1.807, 2.05) is 0 Å². The number of imide groups is 1. The first-order valence-corrected chi connectivity index (χ1v) is 9.68. The summed E-state index contributed by atoms with van der Waals surface area (Å²) in [6.07, 6.45) is -0.970. The summed E-state index contributed by atoms with van der Waals surface area (Å²) in [5, 5.41) is 2.72. The number of methoxy groups -OCH3 is 2. The van der Waals surface area contributed by atoms with E-state index in [0.717, 1.165) is 25.2 Å². The molecule has 1 rings (SSSR count). The Balaban J connectivity index is 3.38. The molecule has 0 atom stereocenters. The Morgan fingerprint density at radius 2 is 1.41 bits per heavy atom. The Kier molecular flexibility index (Phi) is 8.81. The van der Waals surface area contributed by atoms with Gasteiger partial charge in [-0.25, -0.2) is 19.2 Å². The van der Waals surface area contributed by atoms with Gasteiger partial charge in [0.15, 0.2) is 0 Å². The Bertz CT molecular complexity index is 866. The summed E-state index contributed by atoms with van der Waals surface area (Å²) < 4.78 is 19.9. The number of anilines is 2. The predicted octanol–water partition coefficient (Wildman–Crippen LogP) is 4.01. The number of nitrogens with zero attached hydrogens (tertiary/aromatic N) is 1. The second-order valence-electron chi connectivity index (χ2n) is 8.54. The molecule has 10 nitrogen and oxygen atoms in total. The quantitative estimate of drug-likeness (QED) is 0.403. The van der Waals surface area contributed by atoms with Gasteiger partial charge >= 0.3 is 24.1 Å². The number of nitrogens with one attached hydrogen (secondary N) is 1. The molecule has 0 saturated carbocycles. The summed E-state index contributed by atoms with van der Waals surface area (Å²) in [6.45, 7) is 9.98. The van der Waals surface area contributed by atoms with Crippen molar-refractivity contribution in [2.75, 3.05) is 24.4 Å². The summed E-state index contributed by atoms with van der Waals surface area (Å²) in [6, 6.07) is 5.98. The lowest BCUT2D eigenvalue weighted by Gasteiger charge is -2.28. The van der Waals surface area contributed by atoms with E-state index < -0.39 is 35.3 Å². The lowest BCUT2D eigenvalue weighted by atomic mass is 10.2. The fourth-order valence-electron chi connectivity index (χ4n) is 2.21. The fraction of sp³-hybridized carbons (Fsp3) is 0.455. The third-order valence-corrected chi connectivity index (χ3v) is 3.40. The lowest BCUT2D eigenvalue weighted by molar-refractivity contribution is -0.138. The van der Waals surface area contributed by atoms with Crippen LogP contribution in [0, 0.1) is 0 Å². The van der Waals surface area contributed by atoms with E-state index >= 15 is 0 Å². The van der Waals surface area contributed by atoms with Crippen molar-refractivity contribution in [2.45, 2.75) is 52.7 Å². The Hall–Kier alpha value is -3.56. The molecular weight excluding hydrogens is 420 g/mol. The van der Waals surface area contributed by atoms with Crippen molar-refractivity contribution >= 4 is 35.5 Å². The van der Waals surface area contributed by atoms with E-state index in [9.17, 15) is 19.2 Å². The molecule has 10 heteroatoms. The normalized spacial score (nSPS) is 11.8. The topological polar surface area (TPSA) is 120 Å². The van der Waals surface area contributed by atoms with Crippen LogP contribution in [0.1, 0.15) is 41.5 Å². The summed E-state index contributed by atoms with van der Waals surface area (Å²) in [5.74, 6) is -1.60. The molecule has 0 aliphatic carbocycles. The largest absolute Gasteiger partial charge is 0.466 e. The molecule has 0 heterocycles. The Morgan fingerprint density at radius 3 is 1.84 bits per heavy atom. The van der Waals surface area contributed by atoms with Crippen LogP contribution in [0.2, 0.25) is 0 Å². The van der Waals surface area contributed by atoms with Crippen LogP contribution in [0.4, 0.5) is 21.0 Å². The Morgan fingerprint density at radius 1 is 0.875 bits per heavy atom. The van der Waals surface area contributed by atoms with Crippen LogP contribution < -0.4 is 10.2 Å². The molecule has 0 aromatic heterocycles. The zero-order valence-corrected chi connectivity index (χ0v) is 19.6. The minimum Gasteiger partial charge on any atom is -0.466 e. The van der Waals surface area contributed by atoms with Crippen LogP contribution >= 0.6 is 0 Å². The molecule has 0 bridgehead atoms. The maximum atomic E-state index is 12.8. The van der Waals surface area contributed by atoms with Gasteiger partial charge in [0.2, 0.25) is 0 Å². The number of esters is 2. The van der Waals surface area contributed by atoms with Gasteiger partial charge in [-0.3, -0.25) is 0 Å². The van der Waals surface area contributed by atoms with Crippen molar-refractivity contribution in [3.8, 4) is 0 Å². The highest BCUT2D eigenvalue weighted by atomic mass is 16.6. The van der Waals surface area contributed by atoms with E-state index in [-0.39, 0.29) is 17.1 Å². The molecule has 0 saturated heterocycles. The molecule has 1 aromatic rings. The number of benzene rings is 1. The molecule has 0 aliphatic heterocycles. The highest BCUT2D eigenvalue weighted by Crippen LogP contribution is 2.25. The number of hydrogen-bond acceptors (Lipinski definition) is 9. The molecule has 1 N–H and O–H groups in total. The van der Waals surface area contributed by atoms with Crippen LogP contribution in [-0.4, -0.2) is 49.5 Å². The van der Waals surface area contributed by atoms with Gasteiger partial charge in [-0.15, -0.1) is 0 Å². The summed E-state index contributed by atoms with van der Waals surface area (Å²) >= 11 is 0. The number of rotatable bonds is 5. The first kappa shape index (κ1) is 26.5. The van der Waals surface area contributed by atoms with Gasteiger partial charge in [0.05, 0.1) is 26.0 Å². The minimum atomic E-state index is -0.942. The van der Waals surface area contributed by atoms with Crippen molar-refractivity contribution in [2.24, 2.45) is 0 Å². The number of carbonyl (C=O) groups is 4. The molecule has 176 valence electrons. The maximum Gasteiger partial charge on any atom is 0.424 e. The van der Waals surface area contributed by atoms with Gasteiger partial charge in [0.1, 0.15) is 16.9 Å². The molecule has 2 amide bonds. The first-order chi connectivity index (χ1) is 14.7. The van der Waals surface area contributed by atoms with Crippen LogP contribution in [0.3, 0.4) is 0 Å². The molecule has 0 aliphatic rings. The van der Waals surface area contributed by atoms with Gasteiger partial charge < -0.3 is 24.3 Å². The standard InChI is InChI=1S/C22H30N2O8/c1-21(2,3)31-19(27)24(20(28)32-22(4,5)6)15-11-9-10-14(12-15)23-16(18(26)30-8)13-17(25)29-7/h9-13,23H,1-8H3/b16-13+. The highest BCUT2D eigenvalue weighted by molar-refractivity contribution is 6.10. The van der Waals surface area contributed by atoms with E-state index in [1.54, 1.807) is 47.6 Å². The number of carbonyl (C=O) groups excluding carboxylic acids is 4. The summed E-state index contributed by atoms with van der Waals surface area (Å²) in [7, 11) is 2.31. The average molecular weight is 450 g/mol. The second-order valence-corrected chi connectivity index (χ2v) is 8.54. The van der Waals surface area contributed by atoms with Gasteiger partial charge in [0.25, 0.3) is 0 Å². The van der Waals surface area contributed by atoms with E-state index in [1.165, 1.54) is 18.2 Å². The smallest absolute Gasteiger partial charge is 0.424 e. The molecule has 0 spiro atoms. The van der Waals surface area contributed by atoms with Crippen molar-refractivity contribution in [3.05, 3.63) is 36.0 Å². The molecule has 0 unspecified atom stereocenters. The molecule has 32 heavy (non-hydrogen) atoms. The summed E-state index contributed by atoms with van der Waals surface area (Å²) in [5.41, 5.74) is -1.55. The third-order valence-electron chi connectivity index (χ3n) is 3.40. The van der Waals surface area contributed by atoms with Gasteiger partial charge in [0, 0.05) is 5.69 Å². The van der Waals surface area contributed by atoms with Gasteiger partial charge in [-0.05, 0) is 59.7 Å². The first-order valence-electron chi connectivity index (χ1n) is 9.68. The van der Waals surface area contributed by atoms with Crippen LogP contribution in [0.15, 0.2) is 36.0 Å². The second kappa shape index (κ2) is 10.7. The highest BCUT2D eigenvalue weighted by Gasteiger charge is 2.32. The molecule has 0 fully saturated rings. The van der Waals surface area contributed by atoms with Crippen molar-refractivity contribution in [1.29, 1.82) is 0 Å². The predicted molar refractivity (Wildman–Crippen MR) is 117 cm³/mol. The Labute approximate surface area is 187 Å². The van der Waals surface area contributed by atoms with E-state index in [0.29, 0.717) is 0 Å². The van der Waals surface area contributed by atoms with E-state index in [4.69, 9.17) is 9.47 Å². The SMILES string of the molecule is COC(=O)/C=C(/Nc1cccc(N(C(=O)OC(C)(C)C)C(=O)OC(C)(C)C)c1)C(=O)OC. The summed E-state index contributed by atoms with van der Waals surface area (Å²) in [4.78, 5) is 49.9. The van der Waals surface area contributed by atoms with Gasteiger partial charge in [-0.1, -0.05) is 6.07 Å². The number of amides is 2. The lowest BCUT2D eigenvalue weighted by Crippen LogP contribution is -2.43. The minimum absolute atomic E-state index is 0.112. The van der Waals surface area contributed by atoms with E-state index in [2.05, 4.69) is 14.8 Å². The van der Waals surface area contributed by atoms with Crippen LogP contribution in [-0.2, 0) is 28.5 Å². The zero-order chi connectivity index (χ0) is 24.7. The van der Waals surface area contributed by atoms with Crippen molar-refractivity contribution in [1.82, 2.24) is 0 Å². The van der Waals surface area contributed by atoms with Crippen LogP contribution in [0.5, 0.6) is 0 Å². The maximum absolute atomic E-state index is 12.8. The number of hydrogen-bond donors (Lipinski definition) is 1. The van der Waals surface area contributed by atoms with Crippen LogP contribution in [0.25, 0.3) is 0 Å². The average Bonchev–Trinajstić information content (AvgIpc) is 2.64. The van der Waals surface area contributed by atoms with Crippen molar-refractivity contribution in [3.63, 3.8) is 0 Å². The molecule has 1 aromatic carbocycles. The monoisotopic (exact) mass is 450 g/mol.